The molecule has 21 heavy (non-hydrogen) atoms. The first-order valence-electron chi connectivity index (χ1n) is 6.27. The van der Waals surface area contributed by atoms with Crippen LogP contribution >= 0.6 is 0 Å². The van der Waals surface area contributed by atoms with Crippen LogP contribution in [-0.4, -0.2) is 23.2 Å². The van der Waals surface area contributed by atoms with Crippen molar-refractivity contribution in [3.8, 4) is 0 Å². The van der Waals surface area contributed by atoms with Gasteiger partial charge in [0.15, 0.2) is 0 Å². The average Bonchev–Trinajstić information content (AvgIpc) is 2.33. The summed E-state index contributed by atoms with van der Waals surface area (Å²) in [6.45, 7) is 4.89. The van der Waals surface area contributed by atoms with Crippen molar-refractivity contribution in [2.24, 2.45) is 5.73 Å². The molecule has 1 atom stereocenters. The fourth-order valence-electron chi connectivity index (χ4n) is 1.68. The number of nitrogens with one attached hydrogen (secondary N) is 1. The summed E-state index contributed by atoms with van der Waals surface area (Å²) in [5, 5.41) is 13.4. The molecule has 116 valence electrons. The van der Waals surface area contributed by atoms with Gasteiger partial charge in [-0.3, -0.25) is 10.1 Å². The Labute approximate surface area is 121 Å². The molecular weight excluding hydrogens is 281 g/mol. The molecule has 1 aromatic carbocycles. The van der Waals surface area contributed by atoms with Crippen LogP contribution in [0.4, 0.5) is 14.9 Å². The number of rotatable bonds is 4. The highest BCUT2D eigenvalue weighted by Crippen LogP contribution is 2.26. The van der Waals surface area contributed by atoms with Crippen molar-refractivity contribution in [3.05, 3.63) is 39.7 Å². The summed E-state index contributed by atoms with van der Waals surface area (Å²) < 4.78 is 18.4. The fourth-order valence-corrected chi connectivity index (χ4v) is 1.68. The van der Waals surface area contributed by atoms with E-state index < -0.39 is 28.5 Å². The molecule has 0 radical (unpaired) electrons. The molecule has 0 aliphatic heterocycles. The van der Waals surface area contributed by atoms with Gasteiger partial charge in [-0.2, -0.15) is 0 Å². The normalized spacial score (nSPS) is 12.6. The zero-order valence-corrected chi connectivity index (χ0v) is 12.1. The second kappa shape index (κ2) is 6.49. The summed E-state index contributed by atoms with van der Waals surface area (Å²) in [6, 6.07) is 2.07. The molecule has 0 aromatic heterocycles. The third-order valence-corrected chi connectivity index (χ3v) is 2.49. The topological polar surface area (TPSA) is 107 Å². The van der Waals surface area contributed by atoms with Crippen molar-refractivity contribution in [1.82, 2.24) is 5.32 Å². The van der Waals surface area contributed by atoms with Gasteiger partial charge in [0.2, 0.25) is 0 Å². The average molecular weight is 299 g/mol. The number of nitro groups is 1. The number of hydrogen-bond donors (Lipinski definition) is 2. The zero-order valence-electron chi connectivity index (χ0n) is 12.1. The molecule has 3 N–H and O–H groups in total. The number of carbonyl (C=O) groups excluding carboxylic acids is 1. The number of nitrogens with two attached hydrogens (primary N) is 1. The van der Waals surface area contributed by atoms with Gasteiger partial charge in [-0.25, -0.2) is 9.18 Å². The summed E-state index contributed by atoms with van der Waals surface area (Å²) in [6.07, 6.45) is -0.781. The maximum absolute atomic E-state index is 13.3. The van der Waals surface area contributed by atoms with Crippen LogP contribution in [0.2, 0.25) is 0 Å². The van der Waals surface area contributed by atoms with Crippen LogP contribution in [0, 0.1) is 15.9 Å². The Morgan fingerprint density at radius 1 is 1.52 bits per heavy atom. The molecule has 1 rings (SSSR count). The molecule has 0 fully saturated rings. The molecule has 0 aliphatic carbocycles. The van der Waals surface area contributed by atoms with Crippen LogP contribution in [0.5, 0.6) is 0 Å². The van der Waals surface area contributed by atoms with E-state index in [9.17, 15) is 19.3 Å². The number of ether oxygens (including phenoxy) is 1. The number of nitrogens with zero attached hydrogens (tertiary/aromatic N) is 1. The third-order valence-electron chi connectivity index (χ3n) is 2.49. The number of amides is 1. The lowest BCUT2D eigenvalue weighted by molar-refractivity contribution is -0.385. The zero-order chi connectivity index (χ0) is 16.2. The molecule has 0 spiro atoms. The van der Waals surface area contributed by atoms with E-state index in [1.54, 1.807) is 20.8 Å². The van der Waals surface area contributed by atoms with Gasteiger partial charge in [0.1, 0.15) is 11.4 Å². The third kappa shape index (κ3) is 4.99. The lowest BCUT2D eigenvalue weighted by Gasteiger charge is -2.23. The number of benzene rings is 1. The number of alkyl carbamates (subject to hydrolysis) is 1. The SMILES string of the molecule is CC(C)(C)OC(=O)NC(CN)c1cc(F)ccc1[N+](=O)[O-]. The highest BCUT2D eigenvalue weighted by molar-refractivity contribution is 5.69. The van der Waals surface area contributed by atoms with Gasteiger partial charge >= 0.3 is 6.09 Å². The highest BCUT2D eigenvalue weighted by atomic mass is 19.1. The molecule has 0 saturated heterocycles. The summed E-state index contributed by atoms with van der Waals surface area (Å²) in [7, 11) is 0. The van der Waals surface area contributed by atoms with Crippen molar-refractivity contribution in [2.45, 2.75) is 32.4 Å². The summed E-state index contributed by atoms with van der Waals surface area (Å²) in [4.78, 5) is 22.0. The maximum Gasteiger partial charge on any atom is 0.408 e. The molecular formula is C13H18FN3O4. The van der Waals surface area contributed by atoms with Crippen molar-refractivity contribution >= 4 is 11.8 Å². The van der Waals surface area contributed by atoms with E-state index in [0.29, 0.717) is 0 Å². The molecule has 0 saturated carbocycles. The van der Waals surface area contributed by atoms with Crippen LogP contribution in [0.1, 0.15) is 32.4 Å². The van der Waals surface area contributed by atoms with Crippen LogP contribution in [-0.2, 0) is 4.74 Å². The predicted octanol–water partition coefficient (Wildman–Crippen LogP) is 2.26. The van der Waals surface area contributed by atoms with E-state index in [1.807, 2.05) is 0 Å². The molecule has 7 nitrogen and oxygen atoms in total. The Morgan fingerprint density at radius 2 is 2.14 bits per heavy atom. The Morgan fingerprint density at radius 3 is 2.62 bits per heavy atom. The second-order valence-corrected chi connectivity index (χ2v) is 5.39. The van der Waals surface area contributed by atoms with Crippen molar-refractivity contribution in [3.63, 3.8) is 0 Å². The quantitative estimate of drug-likeness (QED) is 0.655. The molecule has 1 aromatic rings. The Kier molecular flexibility index (Phi) is 5.20. The van der Waals surface area contributed by atoms with E-state index in [2.05, 4.69) is 5.32 Å². The Hall–Kier alpha value is -2.22. The van der Waals surface area contributed by atoms with Gasteiger partial charge in [0.05, 0.1) is 16.5 Å². The van der Waals surface area contributed by atoms with E-state index in [0.717, 1.165) is 18.2 Å². The van der Waals surface area contributed by atoms with E-state index in [1.165, 1.54) is 0 Å². The van der Waals surface area contributed by atoms with Gasteiger partial charge in [-0.15, -0.1) is 0 Å². The summed E-state index contributed by atoms with van der Waals surface area (Å²) in [5.41, 5.74) is 4.47. The molecule has 8 heteroatoms. The minimum Gasteiger partial charge on any atom is -0.444 e. The van der Waals surface area contributed by atoms with Crippen LogP contribution < -0.4 is 11.1 Å². The van der Waals surface area contributed by atoms with Gasteiger partial charge in [0, 0.05) is 12.6 Å². The maximum atomic E-state index is 13.3. The Bertz CT molecular complexity index is 543. The molecule has 1 unspecified atom stereocenters. The first-order valence-corrected chi connectivity index (χ1v) is 6.27. The minimum absolute atomic E-state index is 0.00615. The standard InChI is InChI=1S/C13H18FN3O4/c1-13(2,3)21-12(18)16-10(7-15)9-6-8(14)4-5-11(9)17(19)20/h4-6,10H,7,15H2,1-3H3,(H,16,18). The van der Waals surface area contributed by atoms with Gasteiger partial charge in [-0.1, -0.05) is 0 Å². The molecule has 0 bridgehead atoms. The van der Waals surface area contributed by atoms with Gasteiger partial charge in [-0.05, 0) is 32.9 Å². The van der Waals surface area contributed by atoms with Crippen LogP contribution in [0.3, 0.4) is 0 Å². The molecule has 0 aliphatic rings. The van der Waals surface area contributed by atoms with Crippen molar-refractivity contribution in [1.29, 1.82) is 0 Å². The number of carbonyl (C=O) groups is 1. The first kappa shape index (κ1) is 16.8. The molecule has 0 heterocycles. The van der Waals surface area contributed by atoms with Crippen molar-refractivity contribution in [2.75, 3.05) is 6.54 Å². The van der Waals surface area contributed by atoms with Crippen molar-refractivity contribution < 1.29 is 18.8 Å². The Balaban J connectivity index is 3.02. The van der Waals surface area contributed by atoms with E-state index >= 15 is 0 Å². The number of halogens is 1. The lowest BCUT2D eigenvalue weighted by atomic mass is 10.0. The summed E-state index contributed by atoms with van der Waals surface area (Å²) in [5.74, 6) is -0.653. The van der Waals surface area contributed by atoms with Gasteiger partial charge < -0.3 is 15.8 Å². The molecule has 1 amide bonds. The second-order valence-electron chi connectivity index (χ2n) is 5.39. The minimum atomic E-state index is -0.920. The van der Waals surface area contributed by atoms with E-state index in [4.69, 9.17) is 10.5 Å². The fraction of sp³-hybridized carbons (Fsp3) is 0.462. The van der Waals surface area contributed by atoms with E-state index in [-0.39, 0.29) is 17.8 Å². The monoisotopic (exact) mass is 299 g/mol. The van der Waals surface area contributed by atoms with Crippen LogP contribution in [0.15, 0.2) is 18.2 Å². The summed E-state index contributed by atoms with van der Waals surface area (Å²) >= 11 is 0. The van der Waals surface area contributed by atoms with Gasteiger partial charge in [0.25, 0.3) is 5.69 Å². The lowest BCUT2D eigenvalue weighted by Crippen LogP contribution is -2.38. The predicted molar refractivity (Wildman–Crippen MR) is 74.2 cm³/mol. The highest BCUT2D eigenvalue weighted by Gasteiger charge is 2.25. The number of nitro benzene ring substituents is 1. The van der Waals surface area contributed by atoms with Crippen LogP contribution in [0.25, 0.3) is 0 Å². The smallest absolute Gasteiger partial charge is 0.408 e. The number of hydrogen-bond acceptors (Lipinski definition) is 5. The largest absolute Gasteiger partial charge is 0.444 e. The first-order chi connectivity index (χ1) is 9.64.